The van der Waals surface area contributed by atoms with Crippen LogP contribution in [0.15, 0.2) is 24.4 Å². The largest absolute Gasteiger partial charge is 0.494 e. The van der Waals surface area contributed by atoms with E-state index in [1.165, 1.54) is 11.4 Å². The Morgan fingerprint density at radius 1 is 1.10 bits per heavy atom. The molecule has 0 radical (unpaired) electrons. The summed E-state index contributed by atoms with van der Waals surface area (Å²) in [6.45, 7) is 10.3. The van der Waals surface area contributed by atoms with Gasteiger partial charge in [0.1, 0.15) is 5.75 Å². The molecule has 2 aliphatic rings. The van der Waals surface area contributed by atoms with E-state index in [1.807, 2.05) is 18.2 Å². The molecule has 1 aromatic heterocycles. The smallest absolute Gasteiger partial charge is 0.419 e. The summed E-state index contributed by atoms with van der Waals surface area (Å²) in [4.78, 5) is 13.0. The van der Waals surface area contributed by atoms with Gasteiger partial charge in [0.25, 0.3) is 0 Å². The van der Waals surface area contributed by atoms with Crippen LogP contribution in [-0.4, -0.2) is 85.8 Å². The molecule has 1 N–H and O–H groups in total. The van der Waals surface area contributed by atoms with Crippen molar-refractivity contribution in [2.75, 3.05) is 56.8 Å². The van der Waals surface area contributed by atoms with Crippen LogP contribution < -0.4 is 15.0 Å². The van der Waals surface area contributed by atoms with Gasteiger partial charge in [-0.25, -0.2) is 22.7 Å². The molecule has 1 saturated carbocycles. The van der Waals surface area contributed by atoms with Crippen molar-refractivity contribution in [3.8, 4) is 5.75 Å². The maximum atomic E-state index is 14.0. The number of halogens is 3. The maximum absolute atomic E-state index is 14.0. The molecule has 13 heteroatoms. The molecule has 0 bridgehead atoms. The first-order chi connectivity index (χ1) is 19.6. The average Bonchev–Trinajstić information content (AvgIpc) is 2.92. The number of alkyl halides is 3. The van der Waals surface area contributed by atoms with E-state index in [2.05, 4.69) is 45.9 Å². The van der Waals surface area contributed by atoms with Gasteiger partial charge in [0, 0.05) is 62.8 Å². The van der Waals surface area contributed by atoms with Crippen LogP contribution in [0.3, 0.4) is 0 Å². The number of aromatic nitrogens is 2. The molecular formula is C29H43F3N6O3S. The molecule has 2 atom stereocenters. The third-order valence-corrected chi connectivity index (χ3v) is 9.83. The van der Waals surface area contributed by atoms with Gasteiger partial charge >= 0.3 is 6.18 Å². The highest BCUT2D eigenvalue weighted by atomic mass is 32.2. The number of ether oxygens (including phenoxy) is 1. The lowest BCUT2D eigenvalue weighted by Gasteiger charge is -2.43. The van der Waals surface area contributed by atoms with Gasteiger partial charge in [-0.1, -0.05) is 12.8 Å². The van der Waals surface area contributed by atoms with Gasteiger partial charge in [0.2, 0.25) is 16.0 Å². The standard InChI is InChI=1S/C29H43F3N6O3S/c1-28(2,3)38-15-13-37(14-16-38)21-11-12-23(26(18-21)41-5)34-27-33-19-22(29(30,31)32)24(35-27)17-20-9-7-8-10-25(20)36(4)42(6,39)40/h11-12,18-20,25H,7-10,13-17H2,1-6H3,(H,33,34,35)/t20-,25+/m0/s1. The number of sulfonamides is 1. The molecule has 0 spiro atoms. The minimum Gasteiger partial charge on any atom is -0.494 e. The van der Waals surface area contributed by atoms with Crippen molar-refractivity contribution in [3.63, 3.8) is 0 Å². The highest BCUT2D eigenvalue weighted by Crippen LogP contribution is 2.37. The topological polar surface area (TPSA) is 90.9 Å². The summed E-state index contributed by atoms with van der Waals surface area (Å²) in [6, 6.07) is 5.30. The summed E-state index contributed by atoms with van der Waals surface area (Å²) in [5.41, 5.74) is 0.590. The lowest BCUT2D eigenvalue weighted by atomic mass is 9.81. The fourth-order valence-corrected chi connectivity index (χ4v) is 6.77. The summed E-state index contributed by atoms with van der Waals surface area (Å²) >= 11 is 0. The van der Waals surface area contributed by atoms with Crippen LogP contribution in [0.5, 0.6) is 5.75 Å². The van der Waals surface area contributed by atoms with Crippen molar-refractivity contribution in [1.29, 1.82) is 0 Å². The van der Waals surface area contributed by atoms with Gasteiger partial charge in [-0.2, -0.15) is 13.2 Å². The molecule has 1 saturated heterocycles. The Kier molecular flexibility index (Phi) is 9.63. The summed E-state index contributed by atoms with van der Waals surface area (Å²) in [5.74, 6) is 0.250. The van der Waals surface area contributed by atoms with E-state index in [1.54, 1.807) is 7.11 Å². The Hall–Kier alpha value is -2.64. The number of anilines is 3. The molecule has 0 amide bonds. The molecule has 1 aliphatic carbocycles. The second-order valence-corrected chi connectivity index (χ2v) is 14.3. The number of hydrogen-bond acceptors (Lipinski definition) is 8. The van der Waals surface area contributed by atoms with Gasteiger partial charge in [-0.05, 0) is 58.1 Å². The highest BCUT2D eigenvalue weighted by molar-refractivity contribution is 7.88. The third-order valence-electron chi connectivity index (χ3n) is 8.51. The summed E-state index contributed by atoms with van der Waals surface area (Å²) < 4.78 is 73.4. The second-order valence-electron chi connectivity index (χ2n) is 12.3. The van der Waals surface area contributed by atoms with Crippen LogP contribution in [-0.2, 0) is 22.6 Å². The van der Waals surface area contributed by atoms with Crippen molar-refractivity contribution in [2.24, 2.45) is 5.92 Å². The highest BCUT2D eigenvalue weighted by Gasteiger charge is 2.38. The molecule has 0 unspecified atom stereocenters. The van der Waals surface area contributed by atoms with E-state index >= 15 is 0 Å². The first kappa shape index (κ1) is 32.3. The molecule has 1 aliphatic heterocycles. The average molecular weight is 613 g/mol. The first-order valence-corrected chi connectivity index (χ1v) is 16.2. The van der Waals surface area contributed by atoms with E-state index in [0.29, 0.717) is 24.3 Å². The van der Waals surface area contributed by atoms with Crippen molar-refractivity contribution in [2.45, 2.75) is 70.6 Å². The zero-order valence-corrected chi connectivity index (χ0v) is 26.1. The molecule has 2 fully saturated rings. The van der Waals surface area contributed by atoms with Crippen LogP contribution in [0, 0.1) is 5.92 Å². The van der Waals surface area contributed by atoms with Gasteiger partial charge in [-0.15, -0.1) is 0 Å². The molecule has 234 valence electrons. The van der Waals surface area contributed by atoms with E-state index in [-0.39, 0.29) is 35.6 Å². The first-order valence-electron chi connectivity index (χ1n) is 14.4. The zero-order chi connectivity index (χ0) is 30.9. The number of benzene rings is 1. The predicted octanol–water partition coefficient (Wildman–Crippen LogP) is 5.16. The molecule has 4 rings (SSSR count). The monoisotopic (exact) mass is 612 g/mol. The van der Waals surface area contributed by atoms with Crippen LogP contribution in [0.2, 0.25) is 0 Å². The third kappa shape index (κ3) is 7.65. The predicted molar refractivity (Wildman–Crippen MR) is 159 cm³/mol. The number of piperazine rings is 1. The Morgan fingerprint density at radius 2 is 1.76 bits per heavy atom. The number of methoxy groups -OCH3 is 1. The van der Waals surface area contributed by atoms with Crippen LogP contribution in [0.4, 0.5) is 30.5 Å². The minimum atomic E-state index is -4.64. The fraction of sp³-hybridized carbons (Fsp3) is 0.655. The Bertz CT molecular complexity index is 1340. The zero-order valence-electron chi connectivity index (χ0n) is 25.3. The maximum Gasteiger partial charge on any atom is 0.419 e. The van der Waals surface area contributed by atoms with Crippen molar-refractivity contribution in [1.82, 2.24) is 19.2 Å². The lowest BCUT2D eigenvalue weighted by molar-refractivity contribution is -0.138. The van der Waals surface area contributed by atoms with Crippen molar-refractivity contribution in [3.05, 3.63) is 35.7 Å². The van der Waals surface area contributed by atoms with Gasteiger partial charge in [0.15, 0.2) is 0 Å². The molecule has 1 aromatic carbocycles. The quantitative estimate of drug-likeness (QED) is 0.437. The van der Waals surface area contributed by atoms with Gasteiger partial charge < -0.3 is 15.0 Å². The van der Waals surface area contributed by atoms with Crippen LogP contribution >= 0.6 is 0 Å². The molecule has 42 heavy (non-hydrogen) atoms. The molecule has 2 heterocycles. The van der Waals surface area contributed by atoms with Gasteiger partial charge in [0.05, 0.1) is 30.3 Å². The lowest BCUT2D eigenvalue weighted by Crippen LogP contribution is -2.53. The van der Waals surface area contributed by atoms with E-state index in [0.717, 1.165) is 57.2 Å². The number of nitrogens with one attached hydrogen (secondary N) is 1. The van der Waals surface area contributed by atoms with Crippen molar-refractivity contribution < 1.29 is 26.3 Å². The number of rotatable bonds is 8. The molecule has 9 nitrogen and oxygen atoms in total. The molecular weight excluding hydrogens is 569 g/mol. The second kappa shape index (κ2) is 12.5. The van der Waals surface area contributed by atoms with Crippen molar-refractivity contribution >= 4 is 27.3 Å². The van der Waals surface area contributed by atoms with E-state index < -0.39 is 21.8 Å². The number of nitrogens with zero attached hydrogens (tertiary/aromatic N) is 5. The summed E-state index contributed by atoms with van der Waals surface area (Å²) in [6.07, 6.45) is 0.144. The van der Waals surface area contributed by atoms with E-state index in [9.17, 15) is 21.6 Å². The van der Waals surface area contributed by atoms with E-state index in [4.69, 9.17) is 4.74 Å². The minimum absolute atomic E-state index is 0.00676. The molecule has 2 aromatic rings. The summed E-state index contributed by atoms with van der Waals surface area (Å²) in [7, 11) is -0.457. The summed E-state index contributed by atoms with van der Waals surface area (Å²) in [5, 5.41) is 3.05. The van der Waals surface area contributed by atoms with Crippen LogP contribution in [0.1, 0.15) is 57.7 Å². The normalized spacial score (nSPS) is 21.0. The fourth-order valence-electron chi connectivity index (χ4n) is 6.00. The Labute approximate surface area is 247 Å². The van der Waals surface area contributed by atoms with Gasteiger partial charge in [-0.3, -0.25) is 4.90 Å². The van der Waals surface area contributed by atoms with Crippen LogP contribution in [0.25, 0.3) is 0 Å². The Morgan fingerprint density at radius 3 is 2.36 bits per heavy atom. The number of hydrogen-bond donors (Lipinski definition) is 1. The Balaban J connectivity index is 1.57. The SMILES string of the molecule is COc1cc(N2CCN(C(C)(C)C)CC2)ccc1Nc1ncc(C(F)(F)F)c(C[C@@H]2CCCC[C@H]2N(C)S(C)(=O)=O)n1.